The zero-order valence-electron chi connectivity index (χ0n) is 10.6. The number of rotatable bonds is 3. The molecule has 1 saturated heterocycles. The summed E-state index contributed by atoms with van der Waals surface area (Å²) < 4.78 is 11.1. The molecule has 1 aromatic rings. The van der Waals surface area contributed by atoms with E-state index in [0.29, 0.717) is 24.7 Å². The van der Waals surface area contributed by atoms with Gasteiger partial charge in [0.2, 0.25) is 0 Å². The number of ether oxygens (including phenoxy) is 2. The van der Waals surface area contributed by atoms with Crippen LogP contribution >= 0.6 is 0 Å². The molecule has 0 aromatic carbocycles. The van der Waals surface area contributed by atoms with E-state index in [4.69, 9.17) is 9.47 Å². The van der Waals surface area contributed by atoms with Crippen molar-refractivity contribution in [2.45, 2.75) is 32.8 Å². The first-order valence-corrected chi connectivity index (χ1v) is 6.04. The molecule has 5 nitrogen and oxygen atoms in total. The van der Waals surface area contributed by atoms with Crippen molar-refractivity contribution >= 4 is 5.97 Å². The summed E-state index contributed by atoms with van der Waals surface area (Å²) in [7, 11) is 0. The number of carbonyl (C=O) groups is 1. The van der Waals surface area contributed by atoms with Gasteiger partial charge in [-0.25, -0.2) is 4.79 Å². The molecule has 98 valence electrons. The Morgan fingerprint density at radius 2 is 2.11 bits per heavy atom. The number of hydrogen-bond acceptors (Lipinski definition) is 4. The first-order chi connectivity index (χ1) is 8.58. The highest BCUT2D eigenvalue weighted by Crippen LogP contribution is 2.25. The molecule has 2 heterocycles. The van der Waals surface area contributed by atoms with Crippen molar-refractivity contribution in [2.75, 3.05) is 13.2 Å². The second-order valence-electron chi connectivity index (χ2n) is 4.46. The van der Waals surface area contributed by atoms with Crippen LogP contribution in [0.4, 0.5) is 0 Å². The van der Waals surface area contributed by atoms with Crippen molar-refractivity contribution in [1.29, 1.82) is 0 Å². The lowest BCUT2D eigenvalue weighted by Gasteiger charge is -2.24. The van der Waals surface area contributed by atoms with Crippen molar-refractivity contribution in [3.05, 3.63) is 23.0 Å². The van der Waals surface area contributed by atoms with E-state index < -0.39 is 5.97 Å². The Morgan fingerprint density at radius 3 is 2.72 bits per heavy atom. The number of nitrogens with zero attached hydrogens (tertiary/aromatic N) is 1. The summed E-state index contributed by atoms with van der Waals surface area (Å²) in [5.74, 6) is -0.582. The number of aryl methyl sites for hydroxylation is 2. The maximum Gasteiger partial charge on any atom is 0.341 e. The number of hydrogen-bond donors (Lipinski definition) is 1. The topological polar surface area (TPSA) is 68.7 Å². The van der Waals surface area contributed by atoms with E-state index in [1.54, 1.807) is 13.0 Å². The number of pyridine rings is 1. The molecule has 18 heavy (non-hydrogen) atoms. The molecule has 1 aliphatic rings. The second-order valence-corrected chi connectivity index (χ2v) is 4.46. The van der Waals surface area contributed by atoms with E-state index in [1.807, 2.05) is 6.92 Å². The van der Waals surface area contributed by atoms with Gasteiger partial charge in [-0.3, -0.25) is 4.98 Å². The van der Waals surface area contributed by atoms with Gasteiger partial charge in [-0.1, -0.05) is 0 Å². The maximum atomic E-state index is 11.3. The predicted octanol–water partition coefficient (Wildman–Crippen LogP) is 1.95. The minimum absolute atomic E-state index is 0.0260. The number of carboxylic acid groups (broad SMARTS) is 1. The Hall–Kier alpha value is -1.62. The van der Waals surface area contributed by atoms with Crippen LogP contribution in [0.1, 0.15) is 34.6 Å². The Labute approximate surface area is 106 Å². The van der Waals surface area contributed by atoms with E-state index in [9.17, 15) is 9.90 Å². The average molecular weight is 251 g/mol. The van der Waals surface area contributed by atoms with Gasteiger partial charge in [0.15, 0.2) is 0 Å². The zero-order valence-corrected chi connectivity index (χ0v) is 10.6. The second kappa shape index (κ2) is 5.35. The van der Waals surface area contributed by atoms with E-state index in [2.05, 4.69) is 4.98 Å². The lowest BCUT2D eigenvalue weighted by molar-refractivity contribution is 0.0247. The van der Waals surface area contributed by atoms with Crippen LogP contribution in [0.25, 0.3) is 0 Å². The fraction of sp³-hybridized carbons (Fsp3) is 0.538. The molecule has 0 spiro atoms. The van der Waals surface area contributed by atoms with Gasteiger partial charge in [0.25, 0.3) is 0 Å². The number of aromatic carboxylic acids is 1. The first kappa shape index (κ1) is 12.8. The molecule has 2 rings (SSSR count). The summed E-state index contributed by atoms with van der Waals surface area (Å²) in [6, 6.07) is 1.69. The van der Waals surface area contributed by atoms with E-state index >= 15 is 0 Å². The predicted molar refractivity (Wildman–Crippen MR) is 65.1 cm³/mol. The highest BCUT2D eigenvalue weighted by Gasteiger charge is 2.21. The Morgan fingerprint density at radius 1 is 1.44 bits per heavy atom. The van der Waals surface area contributed by atoms with Crippen LogP contribution in [0, 0.1) is 13.8 Å². The Kier molecular flexibility index (Phi) is 3.81. The van der Waals surface area contributed by atoms with Crippen LogP contribution in [0.5, 0.6) is 5.75 Å². The Balaban J connectivity index is 2.27. The number of carboxylic acids is 1. The monoisotopic (exact) mass is 251 g/mol. The standard InChI is InChI=1S/C13H17NO4/c1-8-7-11(12(13(15)16)9(2)14-8)18-10-3-5-17-6-4-10/h7,10H,3-6H2,1-2H3,(H,15,16). The van der Waals surface area contributed by atoms with Gasteiger partial charge in [-0.15, -0.1) is 0 Å². The van der Waals surface area contributed by atoms with Gasteiger partial charge < -0.3 is 14.6 Å². The van der Waals surface area contributed by atoms with Crippen LogP contribution in [0.15, 0.2) is 6.07 Å². The lowest BCUT2D eigenvalue weighted by atomic mass is 10.1. The fourth-order valence-electron chi connectivity index (χ4n) is 2.12. The summed E-state index contributed by atoms with van der Waals surface area (Å²) in [4.78, 5) is 15.4. The largest absolute Gasteiger partial charge is 0.489 e. The quantitative estimate of drug-likeness (QED) is 0.889. The molecule has 0 aliphatic carbocycles. The summed E-state index contributed by atoms with van der Waals surface area (Å²) in [5.41, 5.74) is 1.41. The smallest absolute Gasteiger partial charge is 0.341 e. The molecule has 5 heteroatoms. The van der Waals surface area contributed by atoms with Crippen molar-refractivity contribution in [3.8, 4) is 5.75 Å². The normalized spacial score (nSPS) is 16.6. The SMILES string of the molecule is Cc1cc(OC2CCOCC2)c(C(=O)O)c(C)n1. The molecule has 0 radical (unpaired) electrons. The highest BCUT2D eigenvalue weighted by atomic mass is 16.5. The van der Waals surface area contributed by atoms with Gasteiger partial charge in [-0.2, -0.15) is 0 Å². The molecule has 0 atom stereocenters. The summed E-state index contributed by atoms with van der Waals surface area (Å²) >= 11 is 0. The molecule has 0 amide bonds. The molecule has 0 saturated carbocycles. The van der Waals surface area contributed by atoms with Gasteiger partial charge >= 0.3 is 5.97 Å². The molecule has 1 aromatic heterocycles. The highest BCUT2D eigenvalue weighted by molar-refractivity contribution is 5.92. The van der Waals surface area contributed by atoms with E-state index in [0.717, 1.165) is 18.5 Å². The van der Waals surface area contributed by atoms with Gasteiger partial charge in [0, 0.05) is 24.6 Å². The van der Waals surface area contributed by atoms with Crippen molar-refractivity contribution in [1.82, 2.24) is 4.98 Å². The summed E-state index contributed by atoms with van der Waals surface area (Å²) in [6.45, 7) is 4.84. The van der Waals surface area contributed by atoms with Crippen LogP contribution in [0.3, 0.4) is 0 Å². The van der Waals surface area contributed by atoms with Gasteiger partial charge in [0.1, 0.15) is 17.4 Å². The zero-order chi connectivity index (χ0) is 13.1. The lowest BCUT2D eigenvalue weighted by Crippen LogP contribution is -2.26. The molecule has 1 aliphatic heterocycles. The first-order valence-electron chi connectivity index (χ1n) is 6.04. The molecular weight excluding hydrogens is 234 g/mol. The molecule has 1 fully saturated rings. The fourth-order valence-corrected chi connectivity index (χ4v) is 2.12. The third kappa shape index (κ3) is 2.79. The summed E-state index contributed by atoms with van der Waals surface area (Å²) in [6.07, 6.45) is 1.61. The third-order valence-corrected chi connectivity index (χ3v) is 2.97. The maximum absolute atomic E-state index is 11.3. The molecular formula is C13H17NO4. The van der Waals surface area contributed by atoms with Gasteiger partial charge in [-0.05, 0) is 13.8 Å². The van der Waals surface area contributed by atoms with Crippen molar-refractivity contribution in [3.63, 3.8) is 0 Å². The van der Waals surface area contributed by atoms with Crippen molar-refractivity contribution in [2.24, 2.45) is 0 Å². The molecule has 0 bridgehead atoms. The van der Waals surface area contributed by atoms with Crippen LogP contribution in [-0.2, 0) is 4.74 Å². The van der Waals surface area contributed by atoms with E-state index in [1.165, 1.54) is 0 Å². The molecule has 0 unspecified atom stereocenters. The van der Waals surface area contributed by atoms with Crippen molar-refractivity contribution < 1.29 is 19.4 Å². The Bertz CT molecular complexity index is 453. The van der Waals surface area contributed by atoms with Crippen LogP contribution in [-0.4, -0.2) is 35.4 Å². The third-order valence-electron chi connectivity index (χ3n) is 2.97. The van der Waals surface area contributed by atoms with E-state index in [-0.39, 0.29) is 11.7 Å². The van der Waals surface area contributed by atoms with Crippen LogP contribution < -0.4 is 4.74 Å². The minimum Gasteiger partial charge on any atom is -0.489 e. The average Bonchev–Trinajstić information content (AvgIpc) is 2.28. The minimum atomic E-state index is -0.998. The summed E-state index contributed by atoms with van der Waals surface area (Å²) in [5, 5.41) is 9.22. The van der Waals surface area contributed by atoms with Crippen LogP contribution in [0.2, 0.25) is 0 Å². The molecule has 1 N–H and O–H groups in total. The number of aromatic nitrogens is 1. The van der Waals surface area contributed by atoms with Gasteiger partial charge in [0.05, 0.1) is 18.9 Å².